The molecule has 29 heavy (non-hydrogen) atoms. The van der Waals surface area contributed by atoms with E-state index in [2.05, 4.69) is 10.3 Å². The van der Waals surface area contributed by atoms with Crippen LogP contribution in [0.4, 0.5) is 5.69 Å². The Kier molecular flexibility index (Phi) is 6.39. The fourth-order valence-corrected chi connectivity index (χ4v) is 3.07. The lowest BCUT2D eigenvalue weighted by Crippen LogP contribution is -2.25. The second kappa shape index (κ2) is 9.14. The van der Waals surface area contributed by atoms with Crippen molar-refractivity contribution in [2.75, 3.05) is 11.9 Å². The number of benzene rings is 2. The van der Waals surface area contributed by atoms with Crippen LogP contribution < -0.4 is 10.9 Å². The Bertz CT molecular complexity index is 1100. The fourth-order valence-electron chi connectivity index (χ4n) is 3.07. The Morgan fingerprint density at radius 2 is 1.93 bits per heavy atom. The van der Waals surface area contributed by atoms with Crippen LogP contribution in [0.15, 0.2) is 53.6 Å². The van der Waals surface area contributed by atoms with Crippen LogP contribution in [0, 0.1) is 6.92 Å². The highest BCUT2D eigenvalue weighted by Crippen LogP contribution is 2.20. The minimum absolute atomic E-state index is 0.0300. The van der Waals surface area contributed by atoms with Crippen LogP contribution in [0.25, 0.3) is 10.9 Å². The van der Waals surface area contributed by atoms with Crippen LogP contribution in [0.1, 0.15) is 24.5 Å². The highest BCUT2D eigenvalue weighted by atomic mass is 16.5. The maximum absolute atomic E-state index is 12.4. The van der Waals surface area contributed by atoms with Gasteiger partial charge in [-0.15, -0.1) is 0 Å². The molecular formula is C22H23N3O4. The number of fused-ring (bicyclic) bond motifs is 1. The van der Waals surface area contributed by atoms with Crippen molar-refractivity contribution in [1.29, 1.82) is 0 Å². The van der Waals surface area contributed by atoms with E-state index in [-0.39, 0.29) is 25.1 Å². The molecule has 0 spiro atoms. The maximum atomic E-state index is 12.4. The van der Waals surface area contributed by atoms with Gasteiger partial charge in [-0.3, -0.25) is 19.0 Å². The quantitative estimate of drug-likeness (QED) is 0.624. The highest BCUT2D eigenvalue weighted by molar-refractivity contribution is 5.94. The number of para-hydroxylation sites is 2. The van der Waals surface area contributed by atoms with Gasteiger partial charge >= 0.3 is 5.97 Å². The zero-order chi connectivity index (χ0) is 20.8. The molecule has 0 unspecified atom stereocenters. The molecule has 3 rings (SSSR count). The van der Waals surface area contributed by atoms with Gasteiger partial charge in [0.2, 0.25) is 0 Å². The zero-order valence-electron chi connectivity index (χ0n) is 16.5. The van der Waals surface area contributed by atoms with Crippen molar-refractivity contribution in [1.82, 2.24) is 9.55 Å². The molecule has 7 heteroatoms. The number of aromatic nitrogens is 2. The molecule has 0 aliphatic rings. The van der Waals surface area contributed by atoms with Crippen molar-refractivity contribution in [3.63, 3.8) is 0 Å². The summed E-state index contributed by atoms with van der Waals surface area (Å²) in [5.41, 5.74) is 3.12. The number of ether oxygens (including phenoxy) is 1. The lowest BCUT2D eigenvalue weighted by Gasteiger charge is -2.13. The smallest absolute Gasteiger partial charge is 0.308 e. The number of carbonyl (C=O) groups is 2. The van der Waals surface area contributed by atoms with Gasteiger partial charge in [-0.25, -0.2) is 4.98 Å². The first-order valence-corrected chi connectivity index (χ1v) is 9.47. The second-order valence-electron chi connectivity index (χ2n) is 6.68. The minimum Gasteiger partial charge on any atom is -0.456 e. The number of anilines is 1. The highest BCUT2D eigenvalue weighted by Gasteiger charge is 2.12. The summed E-state index contributed by atoms with van der Waals surface area (Å²) in [7, 11) is 0. The SMILES string of the molecule is CCc1cccc(C)c1NC(=O)COC(=O)CCn1cnc2ccccc2c1=O. The minimum atomic E-state index is -0.555. The van der Waals surface area contributed by atoms with E-state index in [0.29, 0.717) is 10.9 Å². The molecule has 3 aromatic rings. The average Bonchev–Trinajstić information content (AvgIpc) is 2.73. The van der Waals surface area contributed by atoms with Crippen molar-refractivity contribution >= 4 is 28.5 Å². The molecule has 7 nitrogen and oxygen atoms in total. The normalized spacial score (nSPS) is 10.7. The van der Waals surface area contributed by atoms with Gasteiger partial charge in [-0.2, -0.15) is 0 Å². The van der Waals surface area contributed by atoms with E-state index in [9.17, 15) is 14.4 Å². The Hall–Kier alpha value is -3.48. The molecule has 1 aromatic heterocycles. The molecule has 0 fully saturated rings. The number of esters is 1. The van der Waals surface area contributed by atoms with Gasteiger partial charge in [0.1, 0.15) is 0 Å². The van der Waals surface area contributed by atoms with Crippen LogP contribution in [-0.4, -0.2) is 28.0 Å². The molecule has 0 bridgehead atoms. The fraction of sp³-hybridized carbons (Fsp3) is 0.273. The van der Waals surface area contributed by atoms with Crippen molar-refractivity contribution in [3.8, 4) is 0 Å². The third-order valence-corrected chi connectivity index (χ3v) is 4.66. The van der Waals surface area contributed by atoms with Crippen molar-refractivity contribution in [2.45, 2.75) is 33.2 Å². The number of rotatable bonds is 7. The summed E-state index contributed by atoms with van der Waals surface area (Å²) < 4.78 is 6.42. The van der Waals surface area contributed by atoms with E-state index in [0.717, 1.165) is 23.2 Å². The molecule has 0 atom stereocenters. The topological polar surface area (TPSA) is 90.3 Å². The standard InChI is InChI=1S/C22H23N3O4/c1-3-16-8-6-7-15(2)21(16)24-19(26)13-29-20(27)11-12-25-14-23-18-10-5-4-9-17(18)22(25)28/h4-10,14H,3,11-13H2,1-2H3,(H,24,26). The molecule has 0 radical (unpaired) electrons. The number of aryl methyl sites for hydroxylation is 3. The molecule has 150 valence electrons. The third kappa shape index (κ3) is 4.87. The van der Waals surface area contributed by atoms with E-state index in [1.165, 1.54) is 10.9 Å². The van der Waals surface area contributed by atoms with Crippen LogP contribution in [0.5, 0.6) is 0 Å². The first-order chi connectivity index (χ1) is 14.0. The molecule has 0 saturated carbocycles. The number of carbonyl (C=O) groups excluding carboxylic acids is 2. The zero-order valence-corrected chi connectivity index (χ0v) is 16.5. The van der Waals surface area contributed by atoms with Crippen LogP contribution in [0.3, 0.4) is 0 Å². The maximum Gasteiger partial charge on any atom is 0.308 e. The molecule has 0 aliphatic heterocycles. The van der Waals surface area contributed by atoms with E-state index in [1.54, 1.807) is 18.2 Å². The van der Waals surface area contributed by atoms with Crippen LogP contribution in [0.2, 0.25) is 0 Å². The van der Waals surface area contributed by atoms with Gasteiger partial charge in [0.15, 0.2) is 6.61 Å². The van der Waals surface area contributed by atoms with Crippen LogP contribution >= 0.6 is 0 Å². The average molecular weight is 393 g/mol. The van der Waals surface area contributed by atoms with Gasteiger partial charge in [0.25, 0.3) is 11.5 Å². The lowest BCUT2D eigenvalue weighted by atomic mass is 10.1. The lowest BCUT2D eigenvalue weighted by molar-refractivity contribution is -0.147. The van der Waals surface area contributed by atoms with Crippen molar-refractivity contribution < 1.29 is 14.3 Å². The molecule has 0 saturated heterocycles. The Morgan fingerprint density at radius 1 is 1.14 bits per heavy atom. The predicted octanol–water partition coefficient (Wildman–Crippen LogP) is 2.84. The first kappa shape index (κ1) is 20.3. The summed E-state index contributed by atoms with van der Waals surface area (Å²) in [6.07, 6.45) is 2.17. The van der Waals surface area contributed by atoms with Crippen molar-refractivity contribution in [2.24, 2.45) is 0 Å². The molecule has 1 heterocycles. The molecule has 1 amide bonds. The predicted molar refractivity (Wildman–Crippen MR) is 111 cm³/mol. The van der Waals surface area contributed by atoms with Gasteiger partial charge in [0, 0.05) is 12.2 Å². The summed E-state index contributed by atoms with van der Waals surface area (Å²) in [5, 5.41) is 3.30. The number of hydrogen-bond donors (Lipinski definition) is 1. The summed E-state index contributed by atoms with van der Waals surface area (Å²) in [6.45, 7) is 3.68. The number of nitrogens with one attached hydrogen (secondary N) is 1. The van der Waals surface area contributed by atoms with Gasteiger partial charge < -0.3 is 10.1 Å². The summed E-state index contributed by atoms with van der Waals surface area (Å²) in [4.78, 5) is 40.8. The summed E-state index contributed by atoms with van der Waals surface area (Å²) in [6, 6.07) is 12.8. The Balaban J connectivity index is 1.54. The molecule has 1 N–H and O–H groups in total. The van der Waals surface area contributed by atoms with Gasteiger partial charge in [0.05, 0.1) is 23.7 Å². The Morgan fingerprint density at radius 3 is 2.72 bits per heavy atom. The second-order valence-corrected chi connectivity index (χ2v) is 6.68. The molecule has 2 aromatic carbocycles. The molecule has 0 aliphatic carbocycles. The van der Waals surface area contributed by atoms with E-state index < -0.39 is 11.9 Å². The molecular weight excluding hydrogens is 370 g/mol. The van der Waals surface area contributed by atoms with Gasteiger partial charge in [-0.1, -0.05) is 37.3 Å². The van der Waals surface area contributed by atoms with Crippen LogP contribution in [-0.2, 0) is 27.3 Å². The third-order valence-electron chi connectivity index (χ3n) is 4.66. The summed E-state index contributed by atoms with van der Waals surface area (Å²) >= 11 is 0. The van der Waals surface area contributed by atoms with Crippen molar-refractivity contribution in [3.05, 3.63) is 70.3 Å². The number of nitrogens with zero attached hydrogens (tertiary/aromatic N) is 2. The van der Waals surface area contributed by atoms with Gasteiger partial charge in [-0.05, 0) is 36.6 Å². The first-order valence-electron chi connectivity index (χ1n) is 9.47. The van der Waals surface area contributed by atoms with E-state index in [4.69, 9.17) is 4.74 Å². The Labute approximate surface area is 168 Å². The monoisotopic (exact) mass is 393 g/mol. The number of hydrogen-bond acceptors (Lipinski definition) is 5. The largest absolute Gasteiger partial charge is 0.456 e. The van der Waals surface area contributed by atoms with E-state index in [1.807, 2.05) is 38.1 Å². The number of amides is 1. The summed E-state index contributed by atoms with van der Waals surface area (Å²) in [5.74, 6) is -0.951. The van der Waals surface area contributed by atoms with E-state index >= 15 is 0 Å².